The molecule has 0 aliphatic rings. The molecule has 0 atom stereocenters. The third-order valence-electron chi connectivity index (χ3n) is 5.66. The van der Waals surface area contributed by atoms with Crippen LogP contribution in [0.1, 0.15) is 51.7 Å². The van der Waals surface area contributed by atoms with E-state index in [1.165, 1.54) is 38.5 Å². The highest BCUT2D eigenvalue weighted by Crippen LogP contribution is 2.35. The first-order valence-corrected chi connectivity index (χ1v) is 13.1. The van der Waals surface area contributed by atoms with Gasteiger partial charge in [-0.05, 0) is 36.8 Å². The number of hydrogen-bond donors (Lipinski definition) is 2. The largest absolute Gasteiger partial charge is 0.493 e. The second kappa shape index (κ2) is 16.3. The number of benzene rings is 2. The van der Waals surface area contributed by atoms with E-state index >= 15 is 0 Å². The normalized spacial score (nSPS) is 11.2. The summed E-state index contributed by atoms with van der Waals surface area (Å²) in [6.07, 6.45) is 3.63. The second-order valence-electron chi connectivity index (χ2n) is 9.77. The van der Waals surface area contributed by atoms with Crippen molar-refractivity contribution in [2.24, 2.45) is 22.0 Å². The van der Waals surface area contributed by atoms with Crippen LogP contribution >= 0.6 is 0 Å². The third kappa shape index (κ3) is 10.2. The number of rotatable bonds is 16. The van der Waals surface area contributed by atoms with Crippen LogP contribution in [0, 0.1) is 32.1 Å². The third-order valence-corrected chi connectivity index (χ3v) is 5.66. The molecule has 0 fully saturated rings. The van der Waals surface area contributed by atoms with Crippen molar-refractivity contribution in [3.63, 3.8) is 0 Å². The fraction of sp³-hybridized carbons (Fsp3) is 0.444. The standard InChI is InChI=1S/C27H36N6O9/c1-17(2)7-9-41-25-13-21(32(35)36)19(11-23(25)39-5)15-28-30-27(34)31-29-16-20-12-24(40-6)26(14-22(20)33(37)38)42-10-8-18(3)4/h11-18H,7-10H2,1-6H3,(H2,30,31,34)/b28-15-,29-16+. The number of carbonyl (C=O) groups is 1. The Bertz CT molecular complexity index is 1210. The van der Waals surface area contributed by atoms with Gasteiger partial charge in [-0.1, -0.05) is 27.7 Å². The number of nitrogens with one attached hydrogen (secondary N) is 2. The van der Waals surface area contributed by atoms with Crippen LogP contribution in [0.2, 0.25) is 0 Å². The topological polar surface area (TPSA) is 189 Å². The number of nitro benzene ring substituents is 2. The number of nitro groups is 2. The molecule has 0 heterocycles. The molecule has 2 aromatic carbocycles. The maximum atomic E-state index is 12.2. The van der Waals surface area contributed by atoms with E-state index < -0.39 is 15.9 Å². The Hall–Kier alpha value is -4.95. The number of methoxy groups -OCH3 is 2. The van der Waals surface area contributed by atoms with Crippen molar-refractivity contribution >= 4 is 29.8 Å². The van der Waals surface area contributed by atoms with Crippen LogP contribution in [0.4, 0.5) is 16.2 Å². The number of carbonyl (C=O) groups excluding carboxylic acids is 1. The highest BCUT2D eigenvalue weighted by atomic mass is 16.6. The smallest absolute Gasteiger partial charge is 0.355 e. The van der Waals surface area contributed by atoms with Gasteiger partial charge in [0.15, 0.2) is 23.0 Å². The Balaban J connectivity index is 2.12. The van der Waals surface area contributed by atoms with Gasteiger partial charge in [-0.2, -0.15) is 10.2 Å². The van der Waals surface area contributed by atoms with Gasteiger partial charge in [0.2, 0.25) is 0 Å². The van der Waals surface area contributed by atoms with Crippen LogP contribution in [-0.2, 0) is 0 Å². The Morgan fingerprint density at radius 2 is 1.14 bits per heavy atom. The molecule has 15 heteroatoms. The Labute approximate surface area is 243 Å². The summed E-state index contributed by atoms with van der Waals surface area (Å²) in [5.74, 6) is 1.71. The molecule has 0 spiro atoms. The van der Waals surface area contributed by atoms with Crippen molar-refractivity contribution < 1.29 is 33.6 Å². The summed E-state index contributed by atoms with van der Waals surface area (Å²) in [7, 11) is 2.79. The molecule has 0 unspecified atom stereocenters. The lowest BCUT2D eigenvalue weighted by atomic mass is 10.1. The zero-order valence-electron chi connectivity index (χ0n) is 24.4. The molecule has 0 saturated heterocycles. The van der Waals surface area contributed by atoms with E-state index in [9.17, 15) is 25.0 Å². The summed E-state index contributed by atoms with van der Waals surface area (Å²) in [6, 6.07) is 4.29. The first kappa shape index (κ1) is 33.3. The predicted molar refractivity (Wildman–Crippen MR) is 156 cm³/mol. The maximum absolute atomic E-state index is 12.2. The fourth-order valence-electron chi connectivity index (χ4n) is 3.35. The van der Waals surface area contributed by atoms with Crippen LogP contribution in [0.5, 0.6) is 23.0 Å². The van der Waals surface area contributed by atoms with E-state index in [2.05, 4.69) is 21.1 Å². The number of nitrogens with zero attached hydrogens (tertiary/aromatic N) is 4. The molecule has 0 bridgehead atoms. The molecule has 15 nitrogen and oxygen atoms in total. The molecule has 0 aliphatic heterocycles. The summed E-state index contributed by atoms with van der Waals surface area (Å²) in [6.45, 7) is 8.82. The van der Waals surface area contributed by atoms with E-state index in [1.54, 1.807) is 0 Å². The van der Waals surface area contributed by atoms with Gasteiger partial charge >= 0.3 is 6.03 Å². The quantitative estimate of drug-likeness (QED) is 0.154. The molecular weight excluding hydrogens is 552 g/mol. The molecule has 2 N–H and O–H groups in total. The van der Waals surface area contributed by atoms with Gasteiger partial charge in [0.1, 0.15) is 0 Å². The van der Waals surface area contributed by atoms with E-state index in [-0.39, 0.29) is 45.5 Å². The number of urea groups is 1. The van der Waals surface area contributed by atoms with E-state index in [0.29, 0.717) is 25.0 Å². The highest BCUT2D eigenvalue weighted by Gasteiger charge is 2.20. The monoisotopic (exact) mass is 588 g/mol. The average Bonchev–Trinajstić information content (AvgIpc) is 2.92. The van der Waals surface area contributed by atoms with E-state index in [0.717, 1.165) is 25.3 Å². The van der Waals surface area contributed by atoms with Crippen molar-refractivity contribution in [1.82, 2.24) is 10.9 Å². The fourth-order valence-corrected chi connectivity index (χ4v) is 3.35. The molecular formula is C27H36N6O9. The number of amides is 2. The minimum Gasteiger partial charge on any atom is -0.493 e. The van der Waals surface area contributed by atoms with Gasteiger partial charge in [-0.3, -0.25) is 20.2 Å². The summed E-state index contributed by atoms with van der Waals surface area (Å²) in [5, 5.41) is 30.7. The lowest BCUT2D eigenvalue weighted by molar-refractivity contribution is -0.385. The van der Waals surface area contributed by atoms with Crippen molar-refractivity contribution in [3.8, 4) is 23.0 Å². The zero-order valence-corrected chi connectivity index (χ0v) is 24.4. The summed E-state index contributed by atoms with van der Waals surface area (Å²) in [4.78, 5) is 34.2. The first-order valence-electron chi connectivity index (χ1n) is 13.1. The van der Waals surface area contributed by atoms with Crippen molar-refractivity contribution in [2.45, 2.75) is 40.5 Å². The molecule has 0 aromatic heterocycles. The summed E-state index contributed by atoms with van der Waals surface area (Å²) in [5.41, 5.74) is 3.72. The van der Waals surface area contributed by atoms with Gasteiger partial charge in [0.25, 0.3) is 11.4 Å². The van der Waals surface area contributed by atoms with Crippen LogP contribution in [0.15, 0.2) is 34.5 Å². The molecule has 2 amide bonds. The summed E-state index contributed by atoms with van der Waals surface area (Å²) >= 11 is 0. The number of hydrogen-bond acceptors (Lipinski definition) is 11. The van der Waals surface area contributed by atoms with Gasteiger partial charge in [-0.15, -0.1) is 0 Å². The van der Waals surface area contributed by atoms with Crippen LogP contribution in [0.25, 0.3) is 0 Å². The Morgan fingerprint density at radius 3 is 1.45 bits per heavy atom. The minimum absolute atomic E-state index is 0.0512. The predicted octanol–water partition coefficient (Wildman–Crippen LogP) is 5.04. The van der Waals surface area contributed by atoms with E-state index in [1.807, 2.05) is 27.7 Å². The molecule has 228 valence electrons. The zero-order chi connectivity index (χ0) is 31.2. The lowest BCUT2D eigenvalue weighted by Gasteiger charge is -2.12. The molecule has 0 saturated carbocycles. The minimum atomic E-state index is -0.908. The second-order valence-corrected chi connectivity index (χ2v) is 9.77. The van der Waals surface area contributed by atoms with Gasteiger partial charge in [0, 0.05) is 0 Å². The highest BCUT2D eigenvalue weighted by molar-refractivity contribution is 5.89. The first-order chi connectivity index (χ1) is 20.0. The maximum Gasteiger partial charge on any atom is 0.355 e. The Kier molecular flexibility index (Phi) is 12.9. The van der Waals surface area contributed by atoms with Crippen LogP contribution in [-0.4, -0.2) is 55.7 Å². The average molecular weight is 589 g/mol. The molecule has 0 aliphatic carbocycles. The number of ether oxygens (including phenoxy) is 4. The number of hydrazone groups is 2. The SMILES string of the molecule is COc1cc(/C=N\NC(=O)N/N=C/c2cc(OC)c(OCCC(C)C)cc2[N+](=O)[O-])c([N+](=O)[O-])cc1OCCC(C)C. The van der Waals surface area contributed by atoms with Crippen LogP contribution < -0.4 is 29.8 Å². The molecule has 42 heavy (non-hydrogen) atoms. The van der Waals surface area contributed by atoms with E-state index in [4.69, 9.17) is 18.9 Å². The van der Waals surface area contributed by atoms with Crippen molar-refractivity contribution in [1.29, 1.82) is 0 Å². The summed E-state index contributed by atoms with van der Waals surface area (Å²) < 4.78 is 21.9. The molecule has 2 aromatic rings. The molecule has 0 radical (unpaired) electrons. The van der Waals surface area contributed by atoms with Crippen molar-refractivity contribution in [2.75, 3.05) is 27.4 Å². The van der Waals surface area contributed by atoms with Gasteiger partial charge in [-0.25, -0.2) is 15.6 Å². The Morgan fingerprint density at radius 1 is 0.762 bits per heavy atom. The van der Waals surface area contributed by atoms with Gasteiger partial charge < -0.3 is 18.9 Å². The molecule has 2 rings (SSSR count). The lowest BCUT2D eigenvalue weighted by Crippen LogP contribution is -2.28. The van der Waals surface area contributed by atoms with Crippen molar-refractivity contribution in [3.05, 3.63) is 55.6 Å². The van der Waals surface area contributed by atoms with Gasteiger partial charge in [0.05, 0.1) is 73.0 Å². The van der Waals surface area contributed by atoms with Crippen LogP contribution in [0.3, 0.4) is 0 Å².